The van der Waals surface area contributed by atoms with Gasteiger partial charge in [-0.2, -0.15) is 0 Å². The molecule has 0 spiro atoms. The molecule has 5 nitrogen and oxygen atoms in total. The number of nitrogens with zero attached hydrogens (tertiary/aromatic N) is 1. The highest BCUT2D eigenvalue weighted by atomic mass is 16.4. The number of hydrogen-bond acceptors (Lipinski definition) is 3. The predicted molar refractivity (Wildman–Crippen MR) is 60.1 cm³/mol. The average molecular weight is 228 g/mol. The van der Waals surface area contributed by atoms with Gasteiger partial charge in [0.05, 0.1) is 0 Å². The Morgan fingerprint density at radius 3 is 2.56 bits per heavy atom. The van der Waals surface area contributed by atoms with E-state index in [-0.39, 0.29) is 12.5 Å². The van der Waals surface area contributed by atoms with Crippen molar-refractivity contribution in [2.24, 2.45) is 5.92 Å². The minimum Gasteiger partial charge on any atom is -0.480 e. The zero-order valence-electron chi connectivity index (χ0n) is 9.74. The van der Waals surface area contributed by atoms with E-state index in [1.165, 1.54) is 12.8 Å². The number of amides is 1. The number of likely N-dealkylation sites (tertiary alicyclic amines) is 1. The summed E-state index contributed by atoms with van der Waals surface area (Å²) in [5, 5.41) is 10.7. The van der Waals surface area contributed by atoms with E-state index in [2.05, 4.69) is 17.1 Å². The van der Waals surface area contributed by atoms with Gasteiger partial charge in [0.2, 0.25) is 5.91 Å². The Bertz CT molecular complexity index is 248. The summed E-state index contributed by atoms with van der Waals surface area (Å²) in [7, 11) is 0. The summed E-state index contributed by atoms with van der Waals surface area (Å²) in [5.74, 6) is -0.391. The van der Waals surface area contributed by atoms with Gasteiger partial charge >= 0.3 is 5.97 Å². The maximum absolute atomic E-state index is 11.3. The van der Waals surface area contributed by atoms with Crippen molar-refractivity contribution in [2.45, 2.75) is 26.2 Å². The van der Waals surface area contributed by atoms with Gasteiger partial charge in [-0.05, 0) is 31.8 Å². The summed E-state index contributed by atoms with van der Waals surface area (Å²) < 4.78 is 0. The molecule has 1 heterocycles. The zero-order valence-corrected chi connectivity index (χ0v) is 9.74. The third kappa shape index (κ3) is 5.11. The maximum atomic E-state index is 11.3. The SMILES string of the molecule is CC1CCN(CCC(=O)NCC(=O)O)CC1. The molecule has 0 aromatic rings. The first-order valence-corrected chi connectivity index (χ1v) is 5.79. The predicted octanol–water partition coefficient (Wildman–Crippen LogP) is 0.309. The van der Waals surface area contributed by atoms with E-state index in [9.17, 15) is 9.59 Å². The number of hydrogen-bond donors (Lipinski definition) is 2. The molecule has 1 saturated heterocycles. The summed E-state index contributed by atoms with van der Waals surface area (Å²) in [4.78, 5) is 23.7. The molecule has 1 aliphatic heterocycles. The van der Waals surface area contributed by atoms with Crippen LogP contribution in [-0.4, -0.2) is 48.1 Å². The summed E-state index contributed by atoms with van der Waals surface area (Å²) >= 11 is 0. The summed E-state index contributed by atoms with van der Waals surface area (Å²) in [6.07, 6.45) is 2.77. The van der Waals surface area contributed by atoms with Gasteiger partial charge in [0.25, 0.3) is 0 Å². The lowest BCUT2D eigenvalue weighted by Gasteiger charge is -2.29. The molecule has 0 saturated carbocycles. The van der Waals surface area contributed by atoms with Crippen LogP contribution >= 0.6 is 0 Å². The van der Waals surface area contributed by atoms with Crippen LogP contribution in [0, 0.1) is 5.92 Å². The fourth-order valence-electron chi connectivity index (χ4n) is 1.81. The molecular weight excluding hydrogens is 208 g/mol. The molecule has 0 unspecified atom stereocenters. The topological polar surface area (TPSA) is 69.6 Å². The van der Waals surface area contributed by atoms with Crippen molar-refractivity contribution in [3.8, 4) is 0 Å². The molecule has 2 N–H and O–H groups in total. The number of carboxylic acid groups (broad SMARTS) is 1. The molecule has 0 atom stereocenters. The fraction of sp³-hybridized carbons (Fsp3) is 0.818. The first-order valence-electron chi connectivity index (χ1n) is 5.79. The molecular formula is C11H20N2O3. The monoisotopic (exact) mass is 228 g/mol. The van der Waals surface area contributed by atoms with Crippen LogP contribution in [0.2, 0.25) is 0 Å². The highest BCUT2D eigenvalue weighted by Gasteiger charge is 2.16. The van der Waals surface area contributed by atoms with Crippen LogP contribution in [0.25, 0.3) is 0 Å². The second kappa shape index (κ2) is 6.48. The normalized spacial score (nSPS) is 18.3. The number of rotatable bonds is 5. The summed E-state index contributed by atoms with van der Waals surface area (Å²) in [5.41, 5.74) is 0. The molecule has 0 bridgehead atoms. The second-order valence-corrected chi connectivity index (χ2v) is 4.44. The lowest BCUT2D eigenvalue weighted by molar-refractivity contribution is -0.138. The van der Waals surface area contributed by atoms with Gasteiger partial charge < -0.3 is 15.3 Å². The zero-order chi connectivity index (χ0) is 12.0. The molecule has 0 radical (unpaired) electrons. The van der Waals surface area contributed by atoms with Gasteiger partial charge in [0, 0.05) is 13.0 Å². The highest BCUT2D eigenvalue weighted by molar-refractivity contribution is 5.81. The molecule has 92 valence electrons. The smallest absolute Gasteiger partial charge is 0.322 e. The van der Waals surface area contributed by atoms with Crippen LogP contribution in [0.4, 0.5) is 0 Å². The second-order valence-electron chi connectivity index (χ2n) is 4.44. The number of carbonyl (C=O) groups excluding carboxylic acids is 1. The Hall–Kier alpha value is -1.10. The Morgan fingerprint density at radius 2 is 2.00 bits per heavy atom. The van der Waals surface area contributed by atoms with Crippen LogP contribution in [-0.2, 0) is 9.59 Å². The van der Waals surface area contributed by atoms with Gasteiger partial charge in [-0.3, -0.25) is 9.59 Å². The molecule has 1 aliphatic rings. The Kier molecular flexibility index (Phi) is 5.25. The van der Waals surface area contributed by atoms with E-state index in [1.54, 1.807) is 0 Å². The first kappa shape index (κ1) is 13.0. The van der Waals surface area contributed by atoms with Gasteiger partial charge in [-0.25, -0.2) is 0 Å². The van der Waals surface area contributed by atoms with Crippen LogP contribution in [0.5, 0.6) is 0 Å². The van der Waals surface area contributed by atoms with Crippen molar-refractivity contribution in [2.75, 3.05) is 26.2 Å². The number of carbonyl (C=O) groups is 2. The van der Waals surface area contributed by atoms with Crippen molar-refractivity contribution in [1.82, 2.24) is 10.2 Å². The Balaban J connectivity index is 2.09. The molecule has 0 aromatic heterocycles. The molecule has 16 heavy (non-hydrogen) atoms. The highest BCUT2D eigenvalue weighted by Crippen LogP contribution is 2.15. The van der Waals surface area contributed by atoms with E-state index < -0.39 is 5.97 Å². The number of aliphatic carboxylic acids is 1. The largest absolute Gasteiger partial charge is 0.480 e. The molecule has 0 aromatic carbocycles. The third-order valence-corrected chi connectivity index (χ3v) is 2.97. The minimum absolute atomic E-state index is 0.180. The minimum atomic E-state index is -1.000. The standard InChI is InChI=1S/C11H20N2O3/c1-9-2-5-13(6-3-9)7-4-10(14)12-8-11(15)16/h9H,2-8H2,1H3,(H,12,14)(H,15,16). The van der Waals surface area contributed by atoms with Gasteiger partial charge in [0.1, 0.15) is 6.54 Å². The summed E-state index contributed by atoms with van der Waals surface area (Å²) in [6.45, 7) is 4.80. The van der Waals surface area contributed by atoms with Crippen molar-refractivity contribution >= 4 is 11.9 Å². The van der Waals surface area contributed by atoms with Gasteiger partial charge in [-0.15, -0.1) is 0 Å². The third-order valence-electron chi connectivity index (χ3n) is 2.97. The summed E-state index contributed by atoms with van der Waals surface area (Å²) in [6, 6.07) is 0. The van der Waals surface area contributed by atoms with Crippen molar-refractivity contribution in [3.05, 3.63) is 0 Å². The Morgan fingerprint density at radius 1 is 1.38 bits per heavy atom. The molecule has 0 aliphatic carbocycles. The van der Waals surface area contributed by atoms with E-state index in [0.717, 1.165) is 25.6 Å². The van der Waals surface area contributed by atoms with E-state index >= 15 is 0 Å². The van der Waals surface area contributed by atoms with E-state index in [1.807, 2.05) is 0 Å². The molecule has 1 amide bonds. The lowest BCUT2D eigenvalue weighted by atomic mass is 9.99. The number of carboxylic acids is 1. The molecule has 1 rings (SSSR count). The van der Waals surface area contributed by atoms with Crippen molar-refractivity contribution < 1.29 is 14.7 Å². The Labute approximate surface area is 95.8 Å². The number of nitrogens with one attached hydrogen (secondary N) is 1. The lowest BCUT2D eigenvalue weighted by Crippen LogP contribution is -2.37. The van der Waals surface area contributed by atoms with Gasteiger partial charge in [-0.1, -0.05) is 6.92 Å². The van der Waals surface area contributed by atoms with Crippen molar-refractivity contribution in [1.29, 1.82) is 0 Å². The quantitative estimate of drug-likeness (QED) is 0.710. The fourth-order valence-corrected chi connectivity index (χ4v) is 1.81. The van der Waals surface area contributed by atoms with Crippen LogP contribution < -0.4 is 5.32 Å². The van der Waals surface area contributed by atoms with E-state index in [4.69, 9.17) is 5.11 Å². The van der Waals surface area contributed by atoms with Crippen LogP contribution in [0.3, 0.4) is 0 Å². The first-order chi connectivity index (χ1) is 7.58. The number of piperidine rings is 1. The molecule has 1 fully saturated rings. The maximum Gasteiger partial charge on any atom is 0.322 e. The van der Waals surface area contributed by atoms with Crippen LogP contribution in [0.1, 0.15) is 26.2 Å². The molecule has 5 heteroatoms. The van der Waals surface area contributed by atoms with Crippen LogP contribution in [0.15, 0.2) is 0 Å². The van der Waals surface area contributed by atoms with E-state index in [0.29, 0.717) is 6.42 Å². The average Bonchev–Trinajstić information content (AvgIpc) is 2.25. The van der Waals surface area contributed by atoms with Crippen molar-refractivity contribution in [3.63, 3.8) is 0 Å². The van der Waals surface area contributed by atoms with Gasteiger partial charge in [0.15, 0.2) is 0 Å².